The molecule has 0 amide bonds. The highest BCUT2D eigenvalue weighted by Crippen LogP contribution is 2.37. The molecule has 0 spiro atoms. The molecule has 1 saturated heterocycles. The summed E-state index contributed by atoms with van der Waals surface area (Å²) in [7, 11) is 0.817. The van der Waals surface area contributed by atoms with Crippen molar-refractivity contribution < 1.29 is 22.5 Å². The summed E-state index contributed by atoms with van der Waals surface area (Å²) >= 11 is 0. The highest BCUT2D eigenvalue weighted by molar-refractivity contribution is 6.64. The molecule has 1 aliphatic rings. The predicted molar refractivity (Wildman–Crippen MR) is 76.7 cm³/mol. The Bertz CT molecular complexity index is 528. The SMILES string of the molecule is CNc1ccc(C(F)(F)F)cc1B1OC(C)(C)C(C)(C)O1. The average Bonchev–Trinajstić information content (AvgIpc) is 2.56. The van der Waals surface area contributed by atoms with Gasteiger partial charge in [-0.15, -0.1) is 0 Å². The van der Waals surface area contributed by atoms with E-state index >= 15 is 0 Å². The van der Waals surface area contributed by atoms with Gasteiger partial charge in [-0.1, -0.05) is 0 Å². The minimum atomic E-state index is -4.40. The first-order chi connectivity index (χ1) is 9.48. The quantitative estimate of drug-likeness (QED) is 0.852. The number of hydrogen-bond acceptors (Lipinski definition) is 3. The van der Waals surface area contributed by atoms with Crippen LogP contribution in [0.4, 0.5) is 18.9 Å². The van der Waals surface area contributed by atoms with Gasteiger partial charge in [-0.2, -0.15) is 13.2 Å². The molecule has 0 saturated carbocycles. The van der Waals surface area contributed by atoms with Crippen LogP contribution in [-0.4, -0.2) is 25.4 Å². The summed E-state index contributed by atoms with van der Waals surface area (Å²) in [6, 6.07) is 3.51. The van der Waals surface area contributed by atoms with Gasteiger partial charge in [-0.3, -0.25) is 0 Å². The first kappa shape index (κ1) is 16.2. The molecule has 21 heavy (non-hydrogen) atoms. The third-order valence-electron chi connectivity index (χ3n) is 4.16. The van der Waals surface area contributed by atoms with Crippen LogP contribution in [0.2, 0.25) is 0 Å². The number of rotatable bonds is 2. The van der Waals surface area contributed by atoms with E-state index in [2.05, 4.69) is 5.32 Å². The van der Waals surface area contributed by atoms with Crippen molar-refractivity contribution in [3.8, 4) is 0 Å². The van der Waals surface area contributed by atoms with Gasteiger partial charge in [0.2, 0.25) is 0 Å². The number of hydrogen-bond donors (Lipinski definition) is 1. The first-order valence-corrected chi connectivity index (χ1v) is 6.72. The lowest BCUT2D eigenvalue weighted by atomic mass is 9.77. The summed E-state index contributed by atoms with van der Waals surface area (Å²) in [6.07, 6.45) is -4.40. The molecule has 0 unspecified atom stereocenters. The zero-order chi connectivity index (χ0) is 16.1. The zero-order valence-corrected chi connectivity index (χ0v) is 12.8. The van der Waals surface area contributed by atoms with Crippen LogP contribution < -0.4 is 10.8 Å². The maximum atomic E-state index is 12.9. The average molecular weight is 301 g/mol. The Morgan fingerprint density at radius 3 is 2.00 bits per heavy atom. The van der Waals surface area contributed by atoms with Crippen molar-refractivity contribution in [2.45, 2.75) is 45.1 Å². The minimum Gasteiger partial charge on any atom is -0.399 e. The van der Waals surface area contributed by atoms with E-state index in [1.54, 1.807) is 7.05 Å². The fraction of sp³-hybridized carbons (Fsp3) is 0.571. The number of anilines is 1. The van der Waals surface area contributed by atoms with Gasteiger partial charge >= 0.3 is 13.3 Å². The van der Waals surface area contributed by atoms with Gasteiger partial charge in [-0.05, 0) is 45.9 Å². The molecule has 116 valence electrons. The van der Waals surface area contributed by atoms with Crippen molar-refractivity contribution in [1.29, 1.82) is 0 Å². The molecule has 1 fully saturated rings. The maximum absolute atomic E-state index is 12.9. The Labute approximate surface area is 123 Å². The molecule has 1 heterocycles. The van der Waals surface area contributed by atoms with Crippen molar-refractivity contribution in [2.24, 2.45) is 0 Å². The Hall–Kier alpha value is -1.21. The highest BCUT2D eigenvalue weighted by atomic mass is 19.4. The summed E-state index contributed by atoms with van der Waals surface area (Å²) in [4.78, 5) is 0. The zero-order valence-electron chi connectivity index (χ0n) is 12.8. The fourth-order valence-electron chi connectivity index (χ4n) is 2.13. The molecule has 1 N–H and O–H groups in total. The van der Waals surface area contributed by atoms with E-state index in [9.17, 15) is 13.2 Å². The second kappa shape index (κ2) is 4.92. The van der Waals surface area contributed by atoms with Crippen LogP contribution in [0.5, 0.6) is 0 Å². The second-order valence-electron chi connectivity index (χ2n) is 6.14. The van der Waals surface area contributed by atoms with Gasteiger partial charge in [0.25, 0.3) is 0 Å². The van der Waals surface area contributed by atoms with E-state index < -0.39 is 30.1 Å². The molecule has 0 bridgehead atoms. The number of benzene rings is 1. The molecule has 1 aromatic carbocycles. The lowest BCUT2D eigenvalue weighted by Crippen LogP contribution is -2.41. The van der Waals surface area contributed by atoms with Gasteiger partial charge < -0.3 is 14.6 Å². The smallest absolute Gasteiger partial charge is 0.399 e. The van der Waals surface area contributed by atoms with Crippen molar-refractivity contribution in [2.75, 3.05) is 12.4 Å². The second-order valence-corrected chi connectivity index (χ2v) is 6.14. The van der Waals surface area contributed by atoms with Crippen molar-refractivity contribution in [3.05, 3.63) is 23.8 Å². The molecule has 2 rings (SSSR count). The van der Waals surface area contributed by atoms with E-state index in [1.807, 2.05) is 27.7 Å². The van der Waals surface area contributed by atoms with Crippen LogP contribution in [0, 0.1) is 0 Å². The Kier molecular flexibility index (Phi) is 3.79. The van der Waals surface area contributed by atoms with Crippen molar-refractivity contribution in [3.63, 3.8) is 0 Å². The maximum Gasteiger partial charge on any atom is 0.496 e. The summed E-state index contributed by atoms with van der Waals surface area (Å²) in [5.74, 6) is 0. The van der Waals surface area contributed by atoms with Crippen LogP contribution in [0.3, 0.4) is 0 Å². The standard InChI is InChI=1S/C14H19BF3NO2/c1-12(2)13(3,4)21-15(20-12)10-8-9(14(16,17)18)6-7-11(10)19-5/h6-8,19H,1-5H3. The molecule has 7 heteroatoms. The van der Waals surface area contributed by atoms with Gasteiger partial charge in [-0.25, -0.2) is 0 Å². The Morgan fingerprint density at radius 2 is 1.57 bits per heavy atom. The molecule has 1 aromatic rings. The van der Waals surface area contributed by atoms with E-state index in [0.717, 1.165) is 12.1 Å². The van der Waals surface area contributed by atoms with Gasteiger partial charge in [0.15, 0.2) is 0 Å². The summed E-state index contributed by atoms with van der Waals surface area (Å²) in [6.45, 7) is 7.44. The number of nitrogens with one attached hydrogen (secondary N) is 1. The van der Waals surface area contributed by atoms with Crippen LogP contribution >= 0.6 is 0 Å². The third-order valence-corrected chi connectivity index (χ3v) is 4.16. The lowest BCUT2D eigenvalue weighted by molar-refractivity contribution is -0.137. The topological polar surface area (TPSA) is 30.5 Å². The molecule has 0 aliphatic carbocycles. The molecule has 3 nitrogen and oxygen atoms in total. The normalized spacial score (nSPS) is 20.7. The summed E-state index contributed by atoms with van der Waals surface area (Å²) < 4.78 is 50.3. The van der Waals surface area contributed by atoms with Crippen LogP contribution in [0.1, 0.15) is 33.3 Å². The first-order valence-electron chi connectivity index (χ1n) is 6.72. The largest absolute Gasteiger partial charge is 0.496 e. The van der Waals surface area contributed by atoms with E-state index in [-0.39, 0.29) is 0 Å². The number of halogens is 3. The van der Waals surface area contributed by atoms with E-state index in [0.29, 0.717) is 11.2 Å². The predicted octanol–water partition coefficient (Wildman–Crippen LogP) is 3.05. The molecular formula is C14H19BF3NO2. The molecule has 0 atom stereocenters. The lowest BCUT2D eigenvalue weighted by Gasteiger charge is -2.32. The third kappa shape index (κ3) is 2.89. The molecule has 0 radical (unpaired) electrons. The molecule has 0 aromatic heterocycles. The van der Waals surface area contributed by atoms with Gasteiger partial charge in [0.05, 0.1) is 16.8 Å². The highest BCUT2D eigenvalue weighted by Gasteiger charge is 2.52. The minimum absolute atomic E-state index is 0.353. The fourth-order valence-corrected chi connectivity index (χ4v) is 2.13. The van der Waals surface area contributed by atoms with Crippen molar-refractivity contribution in [1.82, 2.24) is 0 Å². The van der Waals surface area contributed by atoms with Gasteiger partial charge in [0.1, 0.15) is 0 Å². The van der Waals surface area contributed by atoms with Crippen LogP contribution in [0.15, 0.2) is 18.2 Å². The van der Waals surface area contributed by atoms with Crippen LogP contribution in [0.25, 0.3) is 0 Å². The Morgan fingerprint density at radius 1 is 1.05 bits per heavy atom. The molecular weight excluding hydrogens is 282 g/mol. The summed E-state index contributed by atoms with van der Waals surface area (Å²) in [5, 5.41) is 2.88. The van der Waals surface area contributed by atoms with Gasteiger partial charge in [0, 0.05) is 18.2 Å². The summed E-state index contributed by atoms with van der Waals surface area (Å²) in [5.41, 5.74) is -1.01. The van der Waals surface area contributed by atoms with E-state index in [4.69, 9.17) is 9.31 Å². The molecule has 1 aliphatic heterocycles. The monoisotopic (exact) mass is 301 g/mol. The van der Waals surface area contributed by atoms with E-state index in [1.165, 1.54) is 6.07 Å². The number of alkyl halides is 3. The Balaban J connectivity index is 2.44. The van der Waals surface area contributed by atoms with Crippen molar-refractivity contribution >= 4 is 18.3 Å². The van der Waals surface area contributed by atoms with Crippen LogP contribution in [-0.2, 0) is 15.5 Å².